The molecule has 1 heterocycles. The van der Waals surface area contributed by atoms with Crippen LogP contribution in [0.4, 0.5) is 0 Å². The van der Waals surface area contributed by atoms with Gasteiger partial charge in [0.25, 0.3) is 0 Å². The van der Waals surface area contributed by atoms with Crippen molar-refractivity contribution in [3.8, 4) is 17.5 Å². The van der Waals surface area contributed by atoms with E-state index in [1.165, 1.54) is 0 Å². The topological polar surface area (TPSA) is 43.8 Å². The van der Waals surface area contributed by atoms with Gasteiger partial charge in [-0.1, -0.05) is 18.2 Å². The molecule has 3 heteroatoms. The predicted molar refractivity (Wildman–Crippen MR) is 73.2 cm³/mol. The van der Waals surface area contributed by atoms with E-state index in [2.05, 4.69) is 16.9 Å². The molecule has 0 saturated carbocycles. The molecule has 18 heavy (non-hydrogen) atoms. The minimum atomic E-state index is 0.00307. The van der Waals surface area contributed by atoms with Crippen LogP contribution in [0, 0.1) is 11.8 Å². The minimum Gasteiger partial charge on any atom is -0.324 e. The first-order valence-electron chi connectivity index (χ1n) is 6.06. The first kappa shape index (κ1) is 12.4. The number of aromatic nitrogens is 2. The van der Waals surface area contributed by atoms with Crippen LogP contribution in [0.15, 0.2) is 42.7 Å². The Hall–Kier alpha value is -2.05. The van der Waals surface area contributed by atoms with Gasteiger partial charge in [-0.05, 0) is 25.5 Å². The molecule has 1 aromatic carbocycles. The van der Waals surface area contributed by atoms with Crippen molar-refractivity contribution >= 4 is 0 Å². The van der Waals surface area contributed by atoms with Crippen LogP contribution in [0.25, 0.3) is 5.69 Å². The van der Waals surface area contributed by atoms with Gasteiger partial charge in [-0.25, -0.2) is 4.68 Å². The molecule has 0 aliphatic heterocycles. The predicted octanol–water partition coefficient (Wildman–Crippen LogP) is 2.68. The summed E-state index contributed by atoms with van der Waals surface area (Å²) in [6.45, 7) is 1.85. The van der Waals surface area contributed by atoms with Crippen LogP contribution >= 0.6 is 0 Å². The normalized spacial score (nSPS) is 11.7. The summed E-state index contributed by atoms with van der Waals surface area (Å²) in [6.07, 6.45) is 5.51. The molecule has 1 unspecified atom stereocenters. The van der Waals surface area contributed by atoms with Crippen LogP contribution < -0.4 is 5.73 Å². The maximum atomic E-state index is 6.11. The second kappa shape index (κ2) is 6.04. The molecule has 0 aliphatic rings. The maximum Gasteiger partial charge on any atom is 0.0645 e. The van der Waals surface area contributed by atoms with E-state index in [1.807, 2.05) is 54.3 Å². The molecule has 2 N–H and O–H groups in total. The van der Waals surface area contributed by atoms with Gasteiger partial charge in [0.05, 0.1) is 11.9 Å². The molecule has 1 aromatic heterocycles. The lowest BCUT2D eigenvalue weighted by Crippen LogP contribution is -2.08. The van der Waals surface area contributed by atoms with Crippen molar-refractivity contribution < 1.29 is 0 Å². The lowest BCUT2D eigenvalue weighted by molar-refractivity contribution is 0.667. The Morgan fingerprint density at radius 3 is 2.83 bits per heavy atom. The van der Waals surface area contributed by atoms with Gasteiger partial charge in [-0.15, -0.1) is 11.8 Å². The van der Waals surface area contributed by atoms with Crippen LogP contribution in [0.1, 0.15) is 31.4 Å². The van der Waals surface area contributed by atoms with Crippen LogP contribution in [0.2, 0.25) is 0 Å². The molecular weight excluding hydrogens is 222 g/mol. The van der Waals surface area contributed by atoms with Gasteiger partial charge in [-0.3, -0.25) is 0 Å². The van der Waals surface area contributed by atoms with Gasteiger partial charge in [0.1, 0.15) is 0 Å². The summed E-state index contributed by atoms with van der Waals surface area (Å²) in [5.74, 6) is 5.91. The number of hydrogen-bond acceptors (Lipinski definition) is 2. The smallest absolute Gasteiger partial charge is 0.0645 e. The van der Waals surface area contributed by atoms with E-state index in [0.29, 0.717) is 0 Å². The number of nitrogens with two attached hydrogens (primary N) is 1. The molecule has 0 aliphatic carbocycles. The first-order chi connectivity index (χ1) is 8.81. The van der Waals surface area contributed by atoms with E-state index >= 15 is 0 Å². The Balaban J connectivity index is 2.07. The zero-order valence-electron chi connectivity index (χ0n) is 10.5. The summed E-state index contributed by atoms with van der Waals surface area (Å²) in [6, 6.07) is 10.0. The Labute approximate surface area is 108 Å². The summed E-state index contributed by atoms with van der Waals surface area (Å²) in [7, 11) is 0. The summed E-state index contributed by atoms with van der Waals surface area (Å²) in [4.78, 5) is 0. The summed E-state index contributed by atoms with van der Waals surface area (Å²) < 4.78 is 1.85. The highest BCUT2D eigenvalue weighted by Crippen LogP contribution is 2.16. The van der Waals surface area contributed by atoms with Gasteiger partial charge in [0.15, 0.2) is 0 Å². The summed E-state index contributed by atoms with van der Waals surface area (Å²) >= 11 is 0. The van der Waals surface area contributed by atoms with Gasteiger partial charge in [-0.2, -0.15) is 5.10 Å². The minimum absolute atomic E-state index is 0.00307. The zero-order valence-corrected chi connectivity index (χ0v) is 10.5. The molecule has 0 bridgehead atoms. The van der Waals surface area contributed by atoms with E-state index in [9.17, 15) is 0 Å². The van der Waals surface area contributed by atoms with Crippen LogP contribution in [0.5, 0.6) is 0 Å². The highest BCUT2D eigenvalue weighted by atomic mass is 15.3. The second-order valence-corrected chi connectivity index (χ2v) is 4.13. The zero-order chi connectivity index (χ0) is 12.8. The number of benzene rings is 1. The standard InChI is InChI=1S/C15H17N3/c1-2-3-5-10-15(16)13-11-17-18(12-13)14-8-6-4-7-9-14/h4,6-9,11-12,15H,5,10,16H2,1H3. The molecule has 0 saturated heterocycles. The molecule has 92 valence electrons. The SMILES string of the molecule is CC#CCCC(N)c1cnn(-c2ccccc2)c1. The van der Waals surface area contributed by atoms with Gasteiger partial charge in [0.2, 0.25) is 0 Å². The fraction of sp³-hybridized carbons (Fsp3) is 0.267. The van der Waals surface area contributed by atoms with Crippen LogP contribution in [-0.4, -0.2) is 9.78 Å². The van der Waals surface area contributed by atoms with Gasteiger partial charge < -0.3 is 5.73 Å². The van der Waals surface area contributed by atoms with E-state index in [1.54, 1.807) is 0 Å². The Bertz CT molecular complexity index is 546. The molecule has 1 atom stereocenters. The van der Waals surface area contributed by atoms with Crippen molar-refractivity contribution in [3.63, 3.8) is 0 Å². The Kier molecular flexibility index (Phi) is 4.16. The van der Waals surface area contributed by atoms with Crippen LogP contribution in [-0.2, 0) is 0 Å². The molecule has 0 fully saturated rings. The van der Waals surface area contributed by atoms with Crippen molar-refractivity contribution in [1.29, 1.82) is 0 Å². The van der Waals surface area contributed by atoms with E-state index in [0.717, 1.165) is 24.1 Å². The summed E-state index contributed by atoms with van der Waals surface area (Å²) in [5.41, 5.74) is 8.20. The van der Waals surface area contributed by atoms with Crippen molar-refractivity contribution in [1.82, 2.24) is 9.78 Å². The Morgan fingerprint density at radius 1 is 1.33 bits per heavy atom. The number of hydrogen-bond donors (Lipinski definition) is 1. The third-order valence-electron chi connectivity index (χ3n) is 2.81. The quantitative estimate of drug-likeness (QED) is 0.834. The molecule has 0 amide bonds. The number of para-hydroxylation sites is 1. The van der Waals surface area contributed by atoms with Gasteiger partial charge in [0, 0.05) is 24.2 Å². The molecule has 2 aromatic rings. The number of nitrogens with zero attached hydrogens (tertiary/aromatic N) is 2. The molecule has 2 rings (SSSR count). The highest BCUT2D eigenvalue weighted by molar-refractivity contribution is 5.31. The van der Waals surface area contributed by atoms with Crippen molar-refractivity contribution in [2.45, 2.75) is 25.8 Å². The molecule has 0 radical (unpaired) electrons. The molecular formula is C15H17N3. The third-order valence-corrected chi connectivity index (χ3v) is 2.81. The van der Waals surface area contributed by atoms with Crippen molar-refractivity contribution in [2.24, 2.45) is 5.73 Å². The average molecular weight is 239 g/mol. The van der Waals surface area contributed by atoms with Gasteiger partial charge >= 0.3 is 0 Å². The lowest BCUT2D eigenvalue weighted by atomic mass is 10.1. The van der Waals surface area contributed by atoms with Crippen molar-refractivity contribution in [3.05, 3.63) is 48.3 Å². The molecule has 0 spiro atoms. The van der Waals surface area contributed by atoms with E-state index in [-0.39, 0.29) is 6.04 Å². The van der Waals surface area contributed by atoms with Crippen LogP contribution in [0.3, 0.4) is 0 Å². The fourth-order valence-electron chi connectivity index (χ4n) is 1.77. The average Bonchev–Trinajstić information content (AvgIpc) is 2.89. The highest BCUT2D eigenvalue weighted by Gasteiger charge is 2.08. The lowest BCUT2D eigenvalue weighted by Gasteiger charge is -2.06. The molecule has 3 nitrogen and oxygen atoms in total. The Morgan fingerprint density at radius 2 is 2.11 bits per heavy atom. The largest absolute Gasteiger partial charge is 0.324 e. The van der Waals surface area contributed by atoms with E-state index < -0.39 is 0 Å². The summed E-state index contributed by atoms with van der Waals surface area (Å²) in [5, 5.41) is 4.34. The monoisotopic (exact) mass is 239 g/mol. The number of rotatable bonds is 4. The fourth-order valence-corrected chi connectivity index (χ4v) is 1.77. The first-order valence-corrected chi connectivity index (χ1v) is 6.06. The van der Waals surface area contributed by atoms with Crippen molar-refractivity contribution in [2.75, 3.05) is 0 Å². The second-order valence-electron chi connectivity index (χ2n) is 4.13. The van der Waals surface area contributed by atoms with E-state index in [4.69, 9.17) is 5.73 Å². The third kappa shape index (κ3) is 2.99. The maximum absolute atomic E-state index is 6.11.